The predicted molar refractivity (Wildman–Crippen MR) is 68.2 cm³/mol. The molecule has 2 rings (SSSR count). The summed E-state index contributed by atoms with van der Waals surface area (Å²) in [5, 5.41) is 0. The van der Waals surface area contributed by atoms with Crippen LogP contribution in [0.1, 0.15) is 11.3 Å². The minimum Gasteiger partial charge on any atom is -0.363 e. The minimum absolute atomic E-state index is 0.0906. The van der Waals surface area contributed by atoms with E-state index >= 15 is 0 Å². The maximum absolute atomic E-state index is 13.2. The van der Waals surface area contributed by atoms with Gasteiger partial charge in [-0.1, -0.05) is 36.4 Å². The summed E-state index contributed by atoms with van der Waals surface area (Å²) in [6.45, 7) is 0. The molecule has 0 saturated carbocycles. The molecule has 0 aliphatic heterocycles. The molecule has 0 spiro atoms. The molecule has 100 valence electrons. The normalized spacial score (nSPS) is 15.6. The van der Waals surface area contributed by atoms with Crippen molar-refractivity contribution in [2.75, 3.05) is 0 Å². The fraction of sp³-hybridized carbons (Fsp3) is 0.143. The van der Waals surface area contributed by atoms with Crippen molar-refractivity contribution in [3.05, 3.63) is 66.0 Å². The van der Waals surface area contributed by atoms with Crippen LogP contribution in [0.15, 0.2) is 54.7 Å². The van der Waals surface area contributed by atoms with Gasteiger partial charge < -0.3 is 10.7 Å². The van der Waals surface area contributed by atoms with Crippen molar-refractivity contribution in [1.82, 2.24) is 4.98 Å². The molecule has 0 saturated heterocycles. The second-order valence-corrected chi connectivity index (χ2v) is 4.19. The fourth-order valence-corrected chi connectivity index (χ4v) is 1.72. The zero-order valence-electron chi connectivity index (χ0n) is 9.98. The Balaban J connectivity index is 2.38. The summed E-state index contributed by atoms with van der Waals surface area (Å²) in [6.07, 6.45) is -0.829. The van der Waals surface area contributed by atoms with Gasteiger partial charge in [0.05, 0.1) is 0 Å². The van der Waals surface area contributed by atoms with Crippen LogP contribution in [-0.4, -0.2) is 11.2 Å². The summed E-state index contributed by atoms with van der Waals surface area (Å²) in [6, 6.07) is 11.5. The first-order chi connectivity index (χ1) is 8.93. The second kappa shape index (κ2) is 4.93. The highest BCUT2D eigenvalue weighted by Gasteiger charge is 2.52. The topological polar surface area (TPSA) is 41.8 Å². The number of alkyl halides is 3. The van der Waals surface area contributed by atoms with Crippen LogP contribution in [0.25, 0.3) is 6.08 Å². The monoisotopic (exact) mass is 266 g/mol. The van der Waals surface area contributed by atoms with E-state index in [1.165, 1.54) is 24.4 Å². The Hall–Kier alpha value is -2.01. The van der Waals surface area contributed by atoms with Crippen LogP contribution in [0.4, 0.5) is 13.2 Å². The Bertz CT molecular complexity index is 544. The van der Waals surface area contributed by atoms with Crippen molar-refractivity contribution in [2.24, 2.45) is 5.73 Å². The molecule has 1 atom stereocenters. The van der Waals surface area contributed by atoms with Crippen LogP contribution in [0.3, 0.4) is 0 Å². The number of hydrogen-bond acceptors (Lipinski definition) is 1. The maximum Gasteiger partial charge on any atom is 0.415 e. The van der Waals surface area contributed by atoms with Crippen molar-refractivity contribution in [3.8, 4) is 0 Å². The minimum atomic E-state index is -4.58. The lowest BCUT2D eigenvalue weighted by molar-refractivity contribution is -0.175. The highest BCUT2D eigenvalue weighted by molar-refractivity contribution is 5.52. The Morgan fingerprint density at radius 1 is 1.00 bits per heavy atom. The van der Waals surface area contributed by atoms with Crippen LogP contribution < -0.4 is 5.73 Å². The zero-order valence-corrected chi connectivity index (χ0v) is 9.98. The van der Waals surface area contributed by atoms with Crippen LogP contribution in [0.2, 0.25) is 0 Å². The standard InChI is InChI=1S/C14H13F3N2/c15-14(16,17)13(18,12-7-4-10-19-12)9-8-11-5-2-1-3-6-11/h1-10,19H,18H2/b9-8+/t13-/m1/s1. The van der Waals surface area contributed by atoms with Gasteiger partial charge in [-0.3, -0.25) is 0 Å². The van der Waals surface area contributed by atoms with E-state index in [0.717, 1.165) is 6.08 Å². The number of nitrogens with one attached hydrogen (secondary N) is 1. The average Bonchev–Trinajstić information content (AvgIpc) is 2.90. The molecule has 2 nitrogen and oxygen atoms in total. The SMILES string of the molecule is N[C@](/C=C/c1ccccc1)(c1ccc[nH]1)C(F)(F)F. The first kappa shape index (κ1) is 13.4. The van der Waals surface area contributed by atoms with E-state index < -0.39 is 11.7 Å². The Morgan fingerprint density at radius 2 is 1.68 bits per heavy atom. The molecule has 2 aromatic rings. The predicted octanol–water partition coefficient (Wildman–Crippen LogP) is 3.44. The smallest absolute Gasteiger partial charge is 0.363 e. The third-order valence-corrected chi connectivity index (χ3v) is 2.85. The molecule has 1 aromatic heterocycles. The number of nitrogens with two attached hydrogens (primary N) is 1. The van der Waals surface area contributed by atoms with E-state index in [9.17, 15) is 13.2 Å². The van der Waals surface area contributed by atoms with E-state index in [-0.39, 0.29) is 5.69 Å². The van der Waals surface area contributed by atoms with Crippen molar-refractivity contribution >= 4 is 6.08 Å². The van der Waals surface area contributed by atoms with Gasteiger partial charge >= 0.3 is 6.18 Å². The Labute approximate surface area is 108 Å². The molecule has 0 bridgehead atoms. The molecule has 1 heterocycles. The van der Waals surface area contributed by atoms with E-state index in [4.69, 9.17) is 5.73 Å². The van der Waals surface area contributed by atoms with Gasteiger partial charge in [-0.15, -0.1) is 0 Å². The Kier molecular flexibility index (Phi) is 3.48. The van der Waals surface area contributed by atoms with Crippen molar-refractivity contribution in [3.63, 3.8) is 0 Å². The van der Waals surface area contributed by atoms with Gasteiger partial charge in [-0.05, 0) is 23.8 Å². The van der Waals surface area contributed by atoms with Crippen LogP contribution in [-0.2, 0) is 5.54 Å². The van der Waals surface area contributed by atoms with E-state index in [1.54, 1.807) is 30.3 Å². The van der Waals surface area contributed by atoms with Gasteiger partial charge in [0.2, 0.25) is 0 Å². The molecular weight excluding hydrogens is 253 g/mol. The summed E-state index contributed by atoms with van der Waals surface area (Å²) < 4.78 is 39.5. The molecule has 0 radical (unpaired) electrons. The highest BCUT2D eigenvalue weighted by Crippen LogP contribution is 2.37. The number of aromatic nitrogens is 1. The van der Waals surface area contributed by atoms with Crippen LogP contribution in [0, 0.1) is 0 Å². The summed E-state index contributed by atoms with van der Waals surface area (Å²) >= 11 is 0. The van der Waals surface area contributed by atoms with Crippen molar-refractivity contribution in [2.45, 2.75) is 11.7 Å². The summed E-state index contributed by atoms with van der Waals surface area (Å²) in [4.78, 5) is 2.52. The lowest BCUT2D eigenvalue weighted by Crippen LogP contribution is -2.49. The molecule has 19 heavy (non-hydrogen) atoms. The molecule has 0 amide bonds. The number of H-pyrrole nitrogens is 1. The average molecular weight is 266 g/mol. The van der Waals surface area contributed by atoms with E-state index in [2.05, 4.69) is 4.98 Å². The van der Waals surface area contributed by atoms with Crippen molar-refractivity contribution < 1.29 is 13.2 Å². The first-order valence-corrected chi connectivity index (χ1v) is 5.67. The number of hydrogen-bond donors (Lipinski definition) is 2. The lowest BCUT2D eigenvalue weighted by Gasteiger charge is -2.27. The Morgan fingerprint density at radius 3 is 2.21 bits per heavy atom. The number of benzene rings is 1. The first-order valence-electron chi connectivity index (χ1n) is 5.67. The fourth-order valence-electron chi connectivity index (χ4n) is 1.72. The third-order valence-electron chi connectivity index (χ3n) is 2.85. The van der Waals surface area contributed by atoms with Gasteiger partial charge in [0.1, 0.15) is 0 Å². The van der Waals surface area contributed by atoms with Crippen LogP contribution in [0.5, 0.6) is 0 Å². The largest absolute Gasteiger partial charge is 0.415 e. The third kappa shape index (κ3) is 2.71. The quantitative estimate of drug-likeness (QED) is 0.877. The van der Waals surface area contributed by atoms with Gasteiger partial charge in [0, 0.05) is 11.9 Å². The second-order valence-electron chi connectivity index (χ2n) is 4.19. The number of aromatic amines is 1. The number of halogens is 3. The molecule has 0 aliphatic rings. The lowest BCUT2D eigenvalue weighted by atomic mass is 9.94. The molecule has 3 N–H and O–H groups in total. The van der Waals surface area contributed by atoms with Crippen molar-refractivity contribution in [1.29, 1.82) is 0 Å². The molecule has 5 heteroatoms. The van der Waals surface area contributed by atoms with Gasteiger partial charge in [0.25, 0.3) is 0 Å². The molecule has 0 fully saturated rings. The van der Waals surface area contributed by atoms with Gasteiger partial charge in [-0.25, -0.2) is 0 Å². The summed E-state index contributed by atoms with van der Waals surface area (Å²) in [5.41, 5.74) is 3.59. The summed E-state index contributed by atoms with van der Waals surface area (Å²) in [5.74, 6) is 0. The molecule has 1 aromatic carbocycles. The molecule has 0 aliphatic carbocycles. The van der Waals surface area contributed by atoms with Crippen LogP contribution >= 0.6 is 0 Å². The van der Waals surface area contributed by atoms with Gasteiger partial charge in [-0.2, -0.15) is 13.2 Å². The molecular formula is C14H13F3N2. The molecule has 0 unspecified atom stereocenters. The highest BCUT2D eigenvalue weighted by atomic mass is 19.4. The summed E-state index contributed by atoms with van der Waals surface area (Å²) in [7, 11) is 0. The number of rotatable bonds is 3. The van der Waals surface area contributed by atoms with E-state index in [0.29, 0.717) is 5.56 Å². The van der Waals surface area contributed by atoms with Gasteiger partial charge in [0.15, 0.2) is 5.54 Å². The van der Waals surface area contributed by atoms with E-state index in [1.807, 2.05) is 0 Å². The maximum atomic E-state index is 13.2. The zero-order chi connectivity index (χ0) is 13.9.